The van der Waals surface area contributed by atoms with Gasteiger partial charge in [-0.25, -0.2) is 4.98 Å². The first kappa shape index (κ1) is 9.16. The number of nitrogens with one attached hydrogen (secondary N) is 1. The van der Waals surface area contributed by atoms with Crippen molar-refractivity contribution in [2.24, 2.45) is 5.92 Å². The van der Waals surface area contributed by atoms with Crippen LogP contribution >= 0.6 is 0 Å². The number of aryl methyl sites for hydroxylation is 1. The number of pyridine rings is 1. The molecule has 0 radical (unpaired) electrons. The van der Waals surface area contributed by atoms with Gasteiger partial charge in [0.2, 0.25) is 0 Å². The van der Waals surface area contributed by atoms with E-state index in [9.17, 15) is 0 Å². The predicted molar refractivity (Wildman–Crippen MR) is 61.1 cm³/mol. The molecule has 1 N–H and O–H groups in total. The van der Waals surface area contributed by atoms with E-state index >= 15 is 0 Å². The summed E-state index contributed by atoms with van der Waals surface area (Å²) >= 11 is 0. The fourth-order valence-corrected chi connectivity index (χ4v) is 2.89. The Bertz CT molecular complexity index is 364. The summed E-state index contributed by atoms with van der Waals surface area (Å²) in [5.41, 5.74) is 1.30. The van der Waals surface area contributed by atoms with Gasteiger partial charge in [0.1, 0.15) is 5.82 Å². The van der Waals surface area contributed by atoms with Gasteiger partial charge in [-0.2, -0.15) is 0 Å². The Hall–Kier alpha value is -1.09. The lowest BCUT2D eigenvalue weighted by Gasteiger charge is -2.25. The molecule has 0 aromatic carbocycles. The Morgan fingerprint density at radius 1 is 1.47 bits per heavy atom. The van der Waals surface area contributed by atoms with Gasteiger partial charge in [0, 0.05) is 31.9 Å². The molecule has 2 atom stereocenters. The van der Waals surface area contributed by atoms with E-state index in [1.54, 1.807) is 0 Å². The normalized spacial score (nSPS) is 29.5. The Morgan fingerprint density at radius 2 is 2.40 bits per heavy atom. The molecule has 1 aromatic heterocycles. The molecule has 0 saturated carbocycles. The monoisotopic (exact) mass is 203 g/mol. The summed E-state index contributed by atoms with van der Waals surface area (Å²) in [4.78, 5) is 7.00. The van der Waals surface area contributed by atoms with Crippen LogP contribution in [0.1, 0.15) is 12.0 Å². The highest BCUT2D eigenvalue weighted by molar-refractivity contribution is 5.48. The van der Waals surface area contributed by atoms with Gasteiger partial charge < -0.3 is 10.2 Å². The van der Waals surface area contributed by atoms with Crippen LogP contribution in [-0.4, -0.2) is 30.7 Å². The lowest BCUT2D eigenvalue weighted by atomic mass is 10.1. The second kappa shape index (κ2) is 3.49. The number of aromatic nitrogens is 1. The minimum Gasteiger partial charge on any atom is -0.352 e. The molecule has 15 heavy (non-hydrogen) atoms. The van der Waals surface area contributed by atoms with E-state index in [0.29, 0.717) is 6.04 Å². The van der Waals surface area contributed by atoms with Crippen LogP contribution < -0.4 is 10.2 Å². The molecule has 2 aliphatic heterocycles. The fourth-order valence-electron chi connectivity index (χ4n) is 2.89. The SMILES string of the molecule is Cc1cccnc1N1CC[C@H]2CNC[C@H]21. The standard InChI is InChI=1S/C12H17N3/c1-9-3-2-5-14-12(9)15-6-4-10-7-13-8-11(10)15/h2-3,5,10-11,13H,4,6-8H2,1H3/t10-,11+/m0/s1. The van der Waals surface area contributed by atoms with E-state index in [4.69, 9.17) is 0 Å². The Labute approximate surface area is 90.5 Å². The van der Waals surface area contributed by atoms with E-state index < -0.39 is 0 Å². The molecule has 2 fully saturated rings. The molecule has 3 heteroatoms. The maximum Gasteiger partial charge on any atom is 0.131 e. The summed E-state index contributed by atoms with van der Waals surface area (Å²) in [6.45, 7) is 5.64. The summed E-state index contributed by atoms with van der Waals surface area (Å²) in [6.07, 6.45) is 3.21. The fraction of sp³-hybridized carbons (Fsp3) is 0.583. The van der Waals surface area contributed by atoms with Gasteiger partial charge in [-0.05, 0) is 30.9 Å². The van der Waals surface area contributed by atoms with Crippen molar-refractivity contribution in [1.82, 2.24) is 10.3 Å². The molecule has 2 saturated heterocycles. The van der Waals surface area contributed by atoms with Crippen LogP contribution in [0.5, 0.6) is 0 Å². The zero-order valence-electron chi connectivity index (χ0n) is 9.11. The molecular weight excluding hydrogens is 186 g/mol. The van der Waals surface area contributed by atoms with E-state index in [1.807, 2.05) is 12.3 Å². The number of hydrogen-bond donors (Lipinski definition) is 1. The van der Waals surface area contributed by atoms with Crippen molar-refractivity contribution in [3.05, 3.63) is 23.9 Å². The molecule has 3 nitrogen and oxygen atoms in total. The molecule has 80 valence electrons. The second-order valence-corrected chi connectivity index (χ2v) is 4.61. The zero-order valence-corrected chi connectivity index (χ0v) is 9.11. The summed E-state index contributed by atoms with van der Waals surface area (Å²) in [6, 6.07) is 4.84. The van der Waals surface area contributed by atoms with Crippen molar-refractivity contribution in [1.29, 1.82) is 0 Å². The summed E-state index contributed by atoms with van der Waals surface area (Å²) in [5.74, 6) is 2.03. The van der Waals surface area contributed by atoms with Crippen LogP contribution in [-0.2, 0) is 0 Å². The number of fused-ring (bicyclic) bond motifs is 1. The third-order valence-electron chi connectivity index (χ3n) is 3.70. The predicted octanol–water partition coefficient (Wildman–Crippen LogP) is 1.19. The van der Waals surface area contributed by atoms with Crippen molar-refractivity contribution in [2.75, 3.05) is 24.5 Å². The van der Waals surface area contributed by atoms with Gasteiger partial charge in [-0.1, -0.05) is 6.07 Å². The van der Waals surface area contributed by atoms with Gasteiger partial charge in [0.25, 0.3) is 0 Å². The highest BCUT2D eigenvalue weighted by atomic mass is 15.3. The third-order valence-corrected chi connectivity index (χ3v) is 3.70. The first-order valence-electron chi connectivity index (χ1n) is 5.75. The van der Waals surface area contributed by atoms with Crippen LogP contribution in [0.3, 0.4) is 0 Å². The number of anilines is 1. The lowest BCUT2D eigenvalue weighted by Crippen LogP contribution is -2.35. The summed E-state index contributed by atoms with van der Waals surface area (Å²) in [5, 5.41) is 3.47. The van der Waals surface area contributed by atoms with Gasteiger partial charge in [-0.3, -0.25) is 0 Å². The molecule has 3 rings (SSSR count). The number of rotatable bonds is 1. The number of nitrogens with zero attached hydrogens (tertiary/aromatic N) is 2. The molecule has 0 spiro atoms. The first-order valence-corrected chi connectivity index (χ1v) is 5.75. The van der Waals surface area contributed by atoms with Crippen LogP contribution in [0.25, 0.3) is 0 Å². The second-order valence-electron chi connectivity index (χ2n) is 4.61. The maximum absolute atomic E-state index is 4.52. The van der Waals surface area contributed by atoms with Crippen LogP contribution in [0.2, 0.25) is 0 Å². The number of hydrogen-bond acceptors (Lipinski definition) is 3. The highest BCUT2D eigenvalue weighted by Crippen LogP contribution is 2.31. The molecule has 1 aromatic rings. The molecule has 0 bridgehead atoms. The zero-order chi connectivity index (χ0) is 10.3. The van der Waals surface area contributed by atoms with Crippen LogP contribution in [0, 0.1) is 12.8 Å². The summed E-state index contributed by atoms with van der Waals surface area (Å²) < 4.78 is 0. The van der Waals surface area contributed by atoms with Crippen molar-refractivity contribution in [3.63, 3.8) is 0 Å². The maximum atomic E-state index is 4.52. The average molecular weight is 203 g/mol. The molecule has 0 aliphatic carbocycles. The smallest absolute Gasteiger partial charge is 0.131 e. The van der Waals surface area contributed by atoms with Crippen molar-refractivity contribution >= 4 is 5.82 Å². The Kier molecular flexibility index (Phi) is 2.13. The van der Waals surface area contributed by atoms with E-state index in [2.05, 4.69) is 28.2 Å². The largest absolute Gasteiger partial charge is 0.352 e. The van der Waals surface area contributed by atoms with E-state index in [0.717, 1.165) is 12.5 Å². The summed E-state index contributed by atoms with van der Waals surface area (Å²) in [7, 11) is 0. The minimum atomic E-state index is 0.679. The lowest BCUT2D eigenvalue weighted by molar-refractivity contribution is 0.577. The average Bonchev–Trinajstić information content (AvgIpc) is 2.80. The molecule has 0 unspecified atom stereocenters. The van der Waals surface area contributed by atoms with Gasteiger partial charge in [0.15, 0.2) is 0 Å². The van der Waals surface area contributed by atoms with Crippen LogP contribution in [0.4, 0.5) is 5.82 Å². The Morgan fingerprint density at radius 3 is 3.27 bits per heavy atom. The van der Waals surface area contributed by atoms with Crippen LogP contribution in [0.15, 0.2) is 18.3 Å². The Balaban J connectivity index is 1.91. The third kappa shape index (κ3) is 1.42. The minimum absolute atomic E-state index is 0.679. The quantitative estimate of drug-likeness (QED) is 0.743. The molecular formula is C12H17N3. The van der Waals surface area contributed by atoms with Crippen molar-refractivity contribution < 1.29 is 0 Å². The highest BCUT2D eigenvalue weighted by Gasteiger charge is 2.38. The van der Waals surface area contributed by atoms with E-state index in [1.165, 1.54) is 30.9 Å². The van der Waals surface area contributed by atoms with Gasteiger partial charge in [-0.15, -0.1) is 0 Å². The first-order chi connectivity index (χ1) is 7.36. The topological polar surface area (TPSA) is 28.2 Å². The van der Waals surface area contributed by atoms with Gasteiger partial charge in [0.05, 0.1) is 0 Å². The van der Waals surface area contributed by atoms with E-state index in [-0.39, 0.29) is 0 Å². The molecule has 0 amide bonds. The van der Waals surface area contributed by atoms with Crippen molar-refractivity contribution in [3.8, 4) is 0 Å². The molecule has 2 aliphatic rings. The van der Waals surface area contributed by atoms with Gasteiger partial charge >= 0.3 is 0 Å². The van der Waals surface area contributed by atoms with Crippen molar-refractivity contribution in [2.45, 2.75) is 19.4 Å². The molecule has 3 heterocycles.